The smallest absolute Gasteiger partial charge is 0.184 e. The predicted molar refractivity (Wildman–Crippen MR) is 73.4 cm³/mol. The third kappa shape index (κ3) is 2.35. The predicted octanol–water partition coefficient (Wildman–Crippen LogP) is 4.26. The van der Waals surface area contributed by atoms with Gasteiger partial charge in [-0.25, -0.2) is 4.98 Å². The number of halogens is 1. The zero-order valence-electron chi connectivity index (χ0n) is 8.81. The van der Waals surface area contributed by atoms with Gasteiger partial charge >= 0.3 is 0 Å². The van der Waals surface area contributed by atoms with E-state index in [1.54, 1.807) is 23.9 Å². The van der Waals surface area contributed by atoms with Gasteiger partial charge in [0.2, 0.25) is 0 Å². The molecule has 0 saturated carbocycles. The van der Waals surface area contributed by atoms with Crippen molar-refractivity contribution < 1.29 is 4.42 Å². The van der Waals surface area contributed by atoms with E-state index in [1.807, 2.05) is 18.2 Å². The van der Waals surface area contributed by atoms with Crippen LogP contribution in [0, 0.1) is 0 Å². The zero-order valence-corrected chi connectivity index (χ0v) is 11.2. The zero-order chi connectivity index (χ0) is 11.7. The summed E-state index contributed by atoms with van der Waals surface area (Å²) in [6.45, 7) is 0.734. The Morgan fingerprint density at radius 2 is 2.29 bits per heavy atom. The number of benzene rings is 1. The Bertz CT molecular complexity index is 633. The van der Waals surface area contributed by atoms with Gasteiger partial charge in [-0.2, -0.15) is 0 Å². The molecule has 86 valence electrons. The summed E-state index contributed by atoms with van der Waals surface area (Å²) < 4.78 is 7.25. The van der Waals surface area contributed by atoms with E-state index in [0.717, 1.165) is 27.2 Å². The number of fused-ring (bicyclic) bond motifs is 1. The van der Waals surface area contributed by atoms with Crippen molar-refractivity contribution in [3.05, 3.63) is 46.8 Å². The highest BCUT2D eigenvalue weighted by atomic mass is 79.9. The molecule has 0 aliphatic carbocycles. The monoisotopic (exact) mass is 308 g/mol. The van der Waals surface area contributed by atoms with Crippen LogP contribution in [0.5, 0.6) is 0 Å². The topological polar surface area (TPSA) is 38.1 Å². The first-order valence-electron chi connectivity index (χ1n) is 5.12. The molecule has 0 bridgehead atoms. The van der Waals surface area contributed by atoms with Gasteiger partial charge in [-0.3, -0.25) is 0 Å². The Morgan fingerprint density at radius 3 is 3.12 bits per heavy atom. The molecule has 0 saturated heterocycles. The minimum Gasteiger partial charge on any atom is -0.472 e. The Kier molecular flexibility index (Phi) is 2.86. The molecule has 0 amide bonds. The van der Waals surface area contributed by atoms with Crippen molar-refractivity contribution >= 4 is 42.6 Å². The maximum absolute atomic E-state index is 5.01. The van der Waals surface area contributed by atoms with Gasteiger partial charge in [0.05, 0.1) is 22.7 Å². The number of hydrogen-bond donors (Lipinski definition) is 1. The van der Waals surface area contributed by atoms with Crippen molar-refractivity contribution in [1.82, 2.24) is 4.98 Å². The first-order valence-corrected chi connectivity index (χ1v) is 6.73. The SMILES string of the molecule is Brc1ccc2sc(NCc3ccoc3)nc2c1. The summed E-state index contributed by atoms with van der Waals surface area (Å²) in [6, 6.07) is 8.06. The number of furan rings is 1. The lowest BCUT2D eigenvalue weighted by molar-refractivity contribution is 0.564. The Hall–Kier alpha value is -1.33. The Labute approximate surface area is 111 Å². The second kappa shape index (κ2) is 4.50. The molecule has 1 aromatic carbocycles. The fourth-order valence-corrected chi connectivity index (χ4v) is 2.74. The van der Waals surface area contributed by atoms with Crippen LogP contribution in [0.2, 0.25) is 0 Å². The number of anilines is 1. The summed E-state index contributed by atoms with van der Waals surface area (Å²) in [5, 5.41) is 4.22. The second-order valence-electron chi connectivity index (χ2n) is 3.62. The fraction of sp³-hybridized carbons (Fsp3) is 0.0833. The van der Waals surface area contributed by atoms with E-state index in [0.29, 0.717) is 0 Å². The maximum Gasteiger partial charge on any atom is 0.184 e. The summed E-state index contributed by atoms with van der Waals surface area (Å²) in [4.78, 5) is 4.52. The van der Waals surface area contributed by atoms with Crippen molar-refractivity contribution in [1.29, 1.82) is 0 Å². The van der Waals surface area contributed by atoms with Crippen molar-refractivity contribution in [3.8, 4) is 0 Å². The summed E-state index contributed by atoms with van der Waals surface area (Å²) in [7, 11) is 0. The Balaban J connectivity index is 1.81. The number of thiazole rings is 1. The molecule has 2 heterocycles. The van der Waals surface area contributed by atoms with Crippen LogP contribution in [0.4, 0.5) is 5.13 Å². The van der Waals surface area contributed by atoms with Gasteiger partial charge in [0.25, 0.3) is 0 Å². The molecule has 1 N–H and O–H groups in total. The second-order valence-corrected chi connectivity index (χ2v) is 5.56. The number of aromatic nitrogens is 1. The van der Waals surface area contributed by atoms with Crippen LogP contribution >= 0.6 is 27.3 Å². The molecule has 3 rings (SSSR count). The van der Waals surface area contributed by atoms with Gasteiger partial charge in [0.15, 0.2) is 5.13 Å². The lowest BCUT2D eigenvalue weighted by atomic mass is 10.3. The highest BCUT2D eigenvalue weighted by Crippen LogP contribution is 2.28. The summed E-state index contributed by atoms with van der Waals surface area (Å²) in [5.74, 6) is 0. The van der Waals surface area contributed by atoms with E-state index in [1.165, 1.54) is 4.70 Å². The minimum atomic E-state index is 0.734. The molecule has 3 nitrogen and oxygen atoms in total. The summed E-state index contributed by atoms with van der Waals surface area (Å²) in [5.41, 5.74) is 2.13. The molecule has 2 aromatic heterocycles. The molecule has 0 unspecified atom stereocenters. The van der Waals surface area contributed by atoms with Crippen molar-refractivity contribution in [2.45, 2.75) is 6.54 Å². The van der Waals surface area contributed by atoms with Gasteiger partial charge in [-0.05, 0) is 24.3 Å². The van der Waals surface area contributed by atoms with Crippen LogP contribution in [0.25, 0.3) is 10.2 Å². The van der Waals surface area contributed by atoms with Crippen LogP contribution in [-0.4, -0.2) is 4.98 Å². The quantitative estimate of drug-likeness (QED) is 0.785. The van der Waals surface area contributed by atoms with E-state index >= 15 is 0 Å². The number of rotatable bonds is 3. The number of nitrogens with zero attached hydrogens (tertiary/aromatic N) is 1. The first-order chi connectivity index (χ1) is 8.31. The molecule has 0 spiro atoms. The normalized spacial score (nSPS) is 10.9. The van der Waals surface area contributed by atoms with Crippen LogP contribution in [0.3, 0.4) is 0 Å². The van der Waals surface area contributed by atoms with Gasteiger partial charge in [-0.1, -0.05) is 27.3 Å². The van der Waals surface area contributed by atoms with Crippen LogP contribution in [-0.2, 0) is 6.54 Å². The van der Waals surface area contributed by atoms with Crippen molar-refractivity contribution in [2.24, 2.45) is 0 Å². The van der Waals surface area contributed by atoms with E-state index in [-0.39, 0.29) is 0 Å². The average molecular weight is 309 g/mol. The average Bonchev–Trinajstić information content (AvgIpc) is 2.94. The van der Waals surface area contributed by atoms with E-state index in [4.69, 9.17) is 4.42 Å². The highest BCUT2D eigenvalue weighted by Gasteiger charge is 2.04. The summed E-state index contributed by atoms with van der Waals surface area (Å²) in [6.07, 6.45) is 3.41. The van der Waals surface area contributed by atoms with E-state index < -0.39 is 0 Å². The molecule has 0 atom stereocenters. The standard InChI is InChI=1S/C12H9BrN2OS/c13-9-1-2-11-10(5-9)15-12(17-11)14-6-8-3-4-16-7-8/h1-5,7H,6H2,(H,14,15). The molecule has 17 heavy (non-hydrogen) atoms. The first kappa shape index (κ1) is 10.8. The minimum absolute atomic E-state index is 0.734. The number of nitrogens with one attached hydrogen (secondary N) is 1. The van der Waals surface area contributed by atoms with E-state index in [2.05, 4.69) is 32.3 Å². The molecule has 0 radical (unpaired) electrons. The third-order valence-corrected chi connectivity index (χ3v) is 3.86. The van der Waals surface area contributed by atoms with Crippen molar-refractivity contribution in [3.63, 3.8) is 0 Å². The van der Waals surface area contributed by atoms with Crippen molar-refractivity contribution in [2.75, 3.05) is 5.32 Å². The Morgan fingerprint density at radius 1 is 1.35 bits per heavy atom. The molecular weight excluding hydrogens is 300 g/mol. The van der Waals surface area contributed by atoms with Crippen LogP contribution in [0.15, 0.2) is 45.7 Å². The van der Waals surface area contributed by atoms with Gasteiger partial charge in [0, 0.05) is 16.6 Å². The van der Waals surface area contributed by atoms with Gasteiger partial charge in [0.1, 0.15) is 0 Å². The van der Waals surface area contributed by atoms with Crippen LogP contribution < -0.4 is 5.32 Å². The van der Waals surface area contributed by atoms with Gasteiger partial charge in [-0.15, -0.1) is 0 Å². The molecule has 0 fully saturated rings. The lowest BCUT2D eigenvalue weighted by Crippen LogP contribution is -1.96. The number of hydrogen-bond acceptors (Lipinski definition) is 4. The summed E-state index contributed by atoms with van der Waals surface area (Å²) >= 11 is 5.10. The maximum atomic E-state index is 5.01. The largest absolute Gasteiger partial charge is 0.472 e. The van der Waals surface area contributed by atoms with E-state index in [9.17, 15) is 0 Å². The molecule has 5 heteroatoms. The molecule has 0 aliphatic heterocycles. The molecular formula is C12H9BrN2OS. The molecule has 0 aliphatic rings. The third-order valence-electron chi connectivity index (χ3n) is 2.37. The van der Waals surface area contributed by atoms with Gasteiger partial charge < -0.3 is 9.73 Å². The molecule has 3 aromatic rings. The fourth-order valence-electron chi connectivity index (χ4n) is 1.55. The lowest BCUT2D eigenvalue weighted by Gasteiger charge is -1.97. The highest BCUT2D eigenvalue weighted by molar-refractivity contribution is 9.10. The van der Waals surface area contributed by atoms with Crippen LogP contribution in [0.1, 0.15) is 5.56 Å².